The number of aliphatic hydroxyl groups excluding tert-OH is 1. The first kappa shape index (κ1) is 16.1. The maximum Gasteiger partial charge on any atom is 0.245 e. The minimum absolute atomic E-state index is 0.165. The molecule has 22 heavy (non-hydrogen) atoms. The van der Waals surface area contributed by atoms with Gasteiger partial charge in [-0.05, 0) is 17.7 Å². The van der Waals surface area contributed by atoms with Crippen LogP contribution in [0.25, 0.3) is 0 Å². The average molecular weight is 319 g/mol. The van der Waals surface area contributed by atoms with E-state index in [1.807, 2.05) is 5.38 Å². The van der Waals surface area contributed by atoms with E-state index in [0.29, 0.717) is 16.1 Å². The molecular weight excluding hydrogens is 302 g/mol. The molecule has 0 aliphatic heterocycles. The van der Waals surface area contributed by atoms with E-state index in [0.717, 1.165) is 0 Å². The van der Waals surface area contributed by atoms with E-state index < -0.39 is 6.10 Å². The lowest BCUT2D eigenvalue weighted by Gasteiger charge is -2.13. The molecule has 2 rings (SSSR count). The molecule has 0 spiro atoms. The Balaban J connectivity index is 2.19. The first-order valence-electron chi connectivity index (χ1n) is 6.70. The Bertz CT molecular complexity index is 748. The van der Waals surface area contributed by atoms with E-state index >= 15 is 0 Å². The topological polar surface area (TPSA) is 83.7 Å². The minimum atomic E-state index is -0.769. The van der Waals surface area contributed by atoms with Crippen LogP contribution >= 0.6 is 11.3 Å². The SMILES string of the molecule is CC(=O)N=c1sccn1CC(O)c1cccc(NC(C)=O)c1. The van der Waals surface area contributed by atoms with Crippen molar-refractivity contribution in [2.45, 2.75) is 26.5 Å². The molecule has 0 saturated carbocycles. The van der Waals surface area contributed by atoms with E-state index in [1.165, 1.54) is 25.2 Å². The molecule has 2 aromatic rings. The van der Waals surface area contributed by atoms with Gasteiger partial charge in [0.15, 0.2) is 4.80 Å². The van der Waals surface area contributed by atoms with Crippen LogP contribution in [-0.2, 0) is 16.1 Å². The number of rotatable bonds is 4. The highest BCUT2D eigenvalue weighted by Crippen LogP contribution is 2.19. The number of nitrogens with one attached hydrogen (secondary N) is 1. The summed E-state index contributed by atoms with van der Waals surface area (Å²) < 4.78 is 1.72. The highest BCUT2D eigenvalue weighted by molar-refractivity contribution is 7.07. The van der Waals surface area contributed by atoms with Crippen LogP contribution in [0.1, 0.15) is 25.5 Å². The third-order valence-corrected chi connectivity index (χ3v) is 3.67. The lowest BCUT2D eigenvalue weighted by Crippen LogP contribution is -2.19. The third-order valence-electron chi connectivity index (χ3n) is 2.87. The number of aromatic nitrogens is 1. The molecule has 0 aliphatic carbocycles. The van der Waals surface area contributed by atoms with Gasteiger partial charge in [-0.3, -0.25) is 9.59 Å². The van der Waals surface area contributed by atoms with Crippen LogP contribution < -0.4 is 10.1 Å². The number of carbonyl (C=O) groups excluding carboxylic acids is 2. The largest absolute Gasteiger partial charge is 0.387 e. The highest BCUT2D eigenvalue weighted by atomic mass is 32.1. The molecule has 0 fully saturated rings. The minimum Gasteiger partial charge on any atom is -0.387 e. The fourth-order valence-electron chi connectivity index (χ4n) is 1.98. The summed E-state index contributed by atoms with van der Waals surface area (Å²) in [5.41, 5.74) is 1.31. The van der Waals surface area contributed by atoms with Crippen molar-refractivity contribution < 1.29 is 14.7 Å². The summed E-state index contributed by atoms with van der Waals surface area (Å²) in [5, 5.41) is 14.8. The molecule has 0 aliphatic rings. The summed E-state index contributed by atoms with van der Waals surface area (Å²) >= 11 is 1.33. The Morgan fingerprint density at radius 2 is 2.18 bits per heavy atom. The average Bonchev–Trinajstić information content (AvgIpc) is 2.84. The van der Waals surface area contributed by atoms with Gasteiger partial charge in [-0.25, -0.2) is 0 Å². The quantitative estimate of drug-likeness (QED) is 0.899. The molecule has 0 bridgehead atoms. The Morgan fingerprint density at radius 1 is 1.41 bits per heavy atom. The van der Waals surface area contributed by atoms with Crippen molar-refractivity contribution >= 4 is 28.8 Å². The van der Waals surface area contributed by atoms with Crippen molar-refractivity contribution in [3.05, 3.63) is 46.2 Å². The third kappa shape index (κ3) is 4.37. The van der Waals surface area contributed by atoms with Gasteiger partial charge >= 0.3 is 0 Å². The van der Waals surface area contributed by atoms with Crippen LogP contribution in [0, 0.1) is 0 Å². The summed E-state index contributed by atoms with van der Waals surface area (Å²) in [7, 11) is 0. The zero-order chi connectivity index (χ0) is 16.1. The predicted octanol–water partition coefficient (Wildman–Crippen LogP) is 1.69. The molecular formula is C15H17N3O3S. The molecule has 2 amide bonds. The van der Waals surface area contributed by atoms with Crippen LogP contribution in [0.2, 0.25) is 0 Å². The second-order valence-corrected chi connectivity index (χ2v) is 5.66. The lowest BCUT2D eigenvalue weighted by atomic mass is 10.1. The predicted molar refractivity (Wildman–Crippen MR) is 84.3 cm³/mol. The number of nitrogens with zero attached hydrogens (tertiary/aromatic N) is 2. The van der Waals surface area contributed by atoms with E-state index in [1.54, 1.807) is 35.0 Å². The number of amides is 2. The van der Waals surface area contributed by atoms with Crippen molar-refractivity contribution in [2.75, 3.05) is 5.32 Å². The summed E-state index contributed by atoms with van der Waals surface area (Å²) in [6.45, 7) is 3.09. The molecule has 2 N–H and O–H groups in total. The van der Waals surface area contributed by atoms with E-state index in [-0.39, 0.29) is 18.4 Å². The van der Waals surface area contributed by atoms with Gasteiger partial charge in [-0.1, -0.05) is 12.1 Å². The standard InChI is InChI=1S/C15H17N3O3S/c1-10(19)16-13-5-3-4-12(8-13)14(21)9-18-6-7-22-15(18)17-11(2)20/h3-8,14,21H,9H2,1-2H3,(H,16,19). The van der Waals surface area contributed by atoms with Crippen LogP contribution in [0.5, 0.6) is 0 Å². The van der Waals surface area contributed by atoms with Crippen molar-refractivity contribution in [3.8, 4) is 0 Å². The molecule has 116 valence electrons. The molecule has 1 heterocycles. The monoisotopic (exact) mass is 319 g/mol. The van der Waals surface area contributed by atoms with Crippen molar-refractivity contribution in [3.63, 3.8) is 0 Å². The van der Waals surface area contributed by atoms with Gasteiger partial charge in [-0.15, -0.1) is 11.3 Å². The molecule has 1 aromatic heterocycles. The first-order chi connectivity index (χ1) is 10.5. The van der Waals surface area contributed by atoms with Gasteiger partial charge in [0.05, 0.1) is 12.6 Å². The second-order valence-electron chi connectivity index (χ2n) is 4.79. The number of carbonyl (C=O) groups is 2. The maximum absolute atomic E-state index is 11.1. The summed E-state index contributed by atoms with van der Waals surface area (Å²) in [4.78, 5) is 26.6. The van der Waals surface area contributed by atoms with Crippen LogP contribution in [0.15, 0.2) is 40.8 Å². The molecule has 6 nitrogen and oxygen atoms in total. The van der Waals surface area contributed by atoms with Crippen molar-refractivity contribution in [2.24, 2.45) is 4.99 Å². The van der Waals surface area contributed by atoms with Crippen molar-refractivity contribution in [1.29, 1.82) is 0 Å². The Morgan fingerprint density at radius 3 is 2.86 bits per heavy atom. The Kier molecular flexibility index (Phi) is 5.24. The van der Waals surface area contributed by atoms with Gasteiger partial charge in [-0.2, -0.15) is 4.99 Å². The fraction of sp³-hybridized carbons (Fsp3) is 0.267. The normalized spacial score (nSPS) is 13.0. The van der Waals surface area contributed by atoms with E-state index in [4.69, 9.17) is 0 Å². The highest BCUT2D eigenvalue weighted by Gasteiger charge is 2.10. The fourth-order valence-corrected chi connectivity index (χ4v) is 2.76. The Hall–Kier alpha value is -2.25. The second kappa shape index (κ2) is 7.15. The number of hydrogen-bond acceptors (Lipinski definition) is 4. The molecule has 1 atom stereocenters. The van der Waals surface area contributed by atoms with Gasteiger partial charge in [0.2, 0.25) is 11.8 Å². The van der Waals surface area contributed by atoms with Gasteiger partial charge in [0, 0.05) is 31.1 Å². The molecule has 0 radical (unpaired) electrons. The molecule has 1 aromatic carbocycles. The number of benzene rings is 1. The zero-order valence-corrected chi connectivity index (χ0v) is 13.1. The first-order valence-corrected chi connectivity index (χ1v) is 7.58. The number of anilines is 1. The van der Waals surface area contributed by atoms with E-state index in [9.17, 15) is 14.7 Å². The summed E-state index contributed by atoms with van der Waals surface area (Å²) in [5.74, 6) is -0.445. The van der Waals surface area contributed by atoms with Gasteiger partial charge in [0.1, 0.15) is 0 Å². The van der Waals surface area contributed by atoms with Crippen molar-refractivity contribution in [1.82, 2.24) is 4.57 Å². The van der Waals surface area contributed by atoms with E-state index in [2.05, 4.69) is 10.3 Å². The number of hydrogen-bond donors (Lipinski definition) is 2. The maximum atomic E-state index is 11.1. The van der Waals surface area contributed by atoms with Gasteiger partial charge < -0.3 is 15.0 Å². The zero-order valence-electron chi connectivity index (χ0n) is 12.3. The summed E-state index contributed by atoms with van der Waals surface area (Å²) in [6.07, 6.45) is 1.00. The van der Waals surface area contributed by atoms with Crippen LogP contribution in [0.4, 0.5) is 5.69 Å². The molecule has 1 unspecified atom stereocenters. The van der Waals surface area contributed by atoms with Gasteiger partial charge in [0.25, 0.3) is 0 Å². The van der Waals surface area contributed by atoms with Crippen LogP contribution in [0.3, 0.4) is 0 Å². The summed E-state index contributed by atoms with van der Waals surface area (Å²) in [6, 6.07) is 7.03. The lowest BCUT2D eigenvalue weighted by molar-refractivity contribution is -0.116. The number of aliphatic hydroxyl groups is 1. The number of thiazole rings is 1. The molecule has 0 saturated heterocycles. The smallest absolute Gasteiger partial charge is 0.245 e. The molecule has 7 heteroatoms. The Labute approximate surface area is 131 Å². The van der Waals surface area contributed by atoms with Crippen LogP contribution in [-0.4, -0.2) is 21.5 Å².